The van der Waals surface area contributed by atoms with E-state index >= 15 is 0 Å². The minimum absolute atomic E-state index is 0.126. The highest BCUT2D eigenvalue weighted by atomic mass is 16.6. The largest absolute Gasteiger partial charge is 0.504 e. The van der Waals surface area contributed by atoms with E-state index in [4.69, 9.17) is 18.9 Å². The number of nitro benzene ring substituents is 1. The summed E-state index contributed by atoms with van der Waals surface area (Å²) >= 11 is 0. The van der Waals surface area contributed by atoms with Gasteiger partial charge < -0.3 is 45.1 Å². The lowest BCUT2D eigenvalue weighted by Gasteiger charge is -2.29. The van der Waals surface area contributed by atoms with Crippen LogP contribution >= 0.6 is 0 Å². The lowest BCUT2D eigenvalue weighted by molar-refractivity contribution is -0.385. The van der Waals surface area contributed by atoms with Gasteiger partial charge in [0.1, 0.15) is 29.4 Å². The number of fused-ring (bicyclic) bond motifs is 9. The summed E-state index contributed by atoms with van der Waals surface area (Å²) in [6.07, 6.45) is -3.77. The standard InChI is InChI=1S/C31H37N5O12/c1-30(2,3)47-28(41)22-16-13-19(37)25(45-7)21(14-16)46-20-9-8-15(12-18(20)36(43)44)24(38)23(35-29(42)48-31(4,5)6)27(40)33-17(10-11-32)26(39)34-22/h8-9,12-14,17,22-24,37-38H,10H2,1-7H3,(H,33,40)(H,34,39)(H,35,42)/t17-,22?,23-,24+/m0/s1. The molecule has 0 spiro atoms. The Labute approximate surface area is 275 Å². The molecule has 0 aliphatic carbocycles. The fourth-order valence-electron chi connectivity index (χ4n) is 4.48. The van der Waals surface area contributed by atoms with Gasteiger partial charge in [0, 0.05) is 6.07 Å². The maximum absolute atomic E-state index is 13.6. The highest BCUT2D eigenvalue weighted by Crippen LogP contribution is 2.44. The van der Waals surface area contributed by atoms with Gasteiger partial charge in [-0.2, -0.15) is 5.26 Å². The van der Waals surface area contributed by atoms with E-state index in [1.807, 2.05) is 0 Å². The van der Waals surface area contributed by atoms with Crippen molar-refractivity contribution < 1.29 is 53.3 Å². The van der Waals surface area contributed by atoms with Crippen LogP contribution in [0.4, 0.5) is 10.5 Å². The van der Waals surface area contributed by atoms with Crippen LogP contribution in [0.3, 0.4) is 0 Å². The number of nitriles is 1. The number of benzene rings is 2. The highest BCUT2D eigenvalue weighted by Gasteiger charge is 2.38. The second kappa shape index (κ2) is 14.4. The lowest BCUT2D eigenvalue weighted by atomic mass is 9.99. The van der Waals surface area contributed by atoms with Crippen LogP contribution in [-0.2, 0) is 23.9 Å². The second-order valence-corrected chi connectivity index (χ2v) is 12.6. The van der Waals surface area contributed by atoms with E-state index in [2.05, 4.69) is 16.0 Å². The molecular formula is C31H37N5O12. The predicted molar refractivity (Wildman–Crippen MR) is 165 cm³/mol. The van der Waals surface area contributed by atoms with E-state index in [0.717, 1.165) is 18.2 Å². The summed E-state index contributed by atoms with van der Waals surface area (Å²) < 4.78 is 21.7. The van der Waals surface area contributed by atoms with Crippen molar-refractivity contribution in [2.24, 2.45) is 0 Å². The molecule has 4 rings (SSSR count). The third-order valence-corrected chi connectivity index (χ3v) is 6.46. The molecule has 2 aromatic carbocycles. The van der Waals surface area contributed by atoms with Crippen LogP contribution in [-0.4, -0.2) is 69.4 Å². The van der Waals surface area contributed by atoms with Gasteiger partial charge in [0.05, 0.1) is 24.5 Å². The Hall–Kier alpha value is -5.63. The van der Waals surface area contributed by atoms with Crippen LogP contribution in [0.15, 0.2) is 30.3 Å². The van der Waals surface area contributed by atoms with Crippen LogP contribution in [0, 0.1) is 21.4 Å². The molecule has 0 radical (unpaired) electrons. The van der Waals surface area contributed by atoms with Crippen LogP contribution < -0.4 is 25.4 Å². The molecule has 1 unspecified atom stereocenters. The summed E-state index contributed by atoms with van der Waals surface area (Å²) in [5.74, 6) is -4.86. The van der Waals surface area contributed by atoms with Crippen molar-refractivity contribution in [1.29, 1.82) is 5.26 Å². The van der Waals surface area contributed by atoms with E-state index in [1.165, 1.54) is 19.2 Å². The number of hydrogen-bond acceptors (Lipinski definition) is 13. The Bertz CT molecular complexity index is 1640. The van der Waals surface area contributed by atoms with Gasteiger partial charge in [-0.1, -0.05) is 6.07 Å². The van der Waals surface area contributed by atoms with Gasteiger partial charge >= 0.3 is 17.7 Å². The van der Waals surface area contributed by atoms with Crippen molar-refractivity contribution in [3.05, 3.63) is 51.6 Å². The number of alkyl carbamates (subject to hydrolysis) is 1. The smallest absolute Gasteiger partial charge is 0.408 e. The quantitative estimate of drug-likeness (QED) is 0.174. The van der Waals surface area contributed by atoms with Gasteiger partial charge in [0.2, 0.25) is 23.3 Å². The number of aromatic hydroxyl groups is 1. The van der Waals surface area contributed by atoms with Crippen LogP contribution in [0.5, 0.6) is 23.0 Å². The first-order valence-corrected chi connectivity index (χ1v) is 14.5. The molecule has 2 aliphatic heterocycles. The van der Waals surface area contributed by atoms with E-state index < -0.39 is 87.8 Å². The molecule has 0 aromatic heterocycles. The molecule has 17 heteroatoms. The van der Waals surface area contributed by atoms with Crippen LogP contribution in [0.25, 0.3) is 0 Å². The molecule has 17 nitrogen and oxygen atoms in total. The van der Waals surface area contributed by atoms with Gasteiger partial charge in [-0.25, -0.2) is 9.59 Å². The third kappa shape index (κ3) is 9.22. The number of phenols is 1. The fraction of sp³-hybridized carbons (Fsp3) is 0.452. The molecule has 4 bridgehead atoms. The van der Waals surface area contributed by atoms with Gasteiger partial charge in [-0.15, -0.1) is 0 Å². The number of methoxy groups -OCH3 is 1. The van der Waals surface area contributed by atoms with E-state index in [1.54, 1.807) is 47.6 Å². The minimum Gasteiger partial charge on any atom is -0.504 e. The molecule has 2 aromatic rings. The number of aliphatic hydroxyl groups is 1. The molecular weight excluding hydrogens is 634 g/mol. The molecule has 2 aliphatic rings. The minimum atomic E-state index is -1.97. The van der Waals surface area contributed by atoms with E-state index in [-0.39, 0.29) is 22.6 Å². The van der Waals surface area contributed by atoms with Crippen molar-refractivity contribution in [2.75, 3.05) is 7.11 Å². The Kier molecular flexibility index (Phi) is 11.1. The number of hydrogen-bond donors (Lipinski definition) is 5. The molecule has 258 valence electrons. The number of esters is 1. The monoisotopic (exact) mass is 671 g/mol. The van der Waals surface area contributed by atoms with Gasteiger partial charge in [0.15, 0.2) is 17.5 Å². The number of carbonyl (C=O) groups excluding carboxylic acids is 4. The van der Waals surface area contributed by atoms with Crippen molar-refractivity contribution in [2.45, 2.75) is 83.4 Å². The van der Waals surface area contributed by atoms with Crippen molar-refractivity contribution in [3.8, 4) is 29.1 Å². The summed E-state index contributed by atoms with van der Waals surface area (Å²) in [5, 5.41) is 50.7. The average Bonchev–Trinajstić information content (AvgIpc) is 2.95. The number of nitrogens with zero attached hydrogens (tertiary/aromatic N) is 2. The molecule has 3 amide bonds. The Morgan fingerprint density at radius 2 is 1.67 bits per heavy atom. The zero-order valence-electron chi connectivity index (χ0n) is 27.3. The van der Waals surface area contributed by atoms with Crippen molar-refractivity contribution in [3.63, 3.8) is 0 Å². The normalized spacial score (nSPS) is 19.9. The maximum atomic E-state index is 13.6. The van der Waals surface area contributed by atoms with Gasteiger partial charge in [-0.05, 0) is 70.9 Å². The summed E-state index contributed by atoms with van der Waals surface area (Å²) in [7, 11) is 1.18. The van der Waals surface area contributed by atoms with E-state index in [0.29, 0.717) is 0 Å². The fourth-order valence-corrected chi connectivity index (χ4v) is 4.48. The summed E-state index contributed by atoms with van der Waals surface area (Å²) in [6.45, 7) is 9.32. The Morgan fingerprint density at radius 1 is 1.02 bits per heavy atom. The lowest BCUT2D eigenvalue weighted by Crippen LogP contribution is -2.56. The number of ether oxygens (including phenoxy) is 4. The van der Waals surface area contributed by atoms with Crippen LogP contribution in [0.1, 0.15) is 71.2 Å². The SMILES string of the molecule is COc1c(O)cc2cc1Oc1ccc(cc1[N+](=O)[O-])[C@@H](O)[C@H](NC(=O)OC(C)(C)C)C(=O)N[C@@H](CC#N)C(=O)NC2C(=O)OC(C)(C)C. The summed E-state index contributed by atoms with van der Waals surface area (Å²) in [5.41, 5.74) is -3.16. The molecule has 2 heterocycles. The zero-order chi connectivity index (χ0) is 36.1. The zero-order valence-corrected chi connectivity index (χ0v) is 27.3. The number of phenolic OH excluding ortho intramolecular Hbond substituents is 1. The molecule has 48 heavy (non-hydrogen) atoms. The molecule has 0 saturated carbocycles. The topological polar surface area (TPSA) is 249 Å². The summed E-state index contributed by atoms with van der Waals surface area (Å²) in [4.78, 5) is 64.7. The maximum Gasteiger partial charge on any atom is 0.408 e. The molecule has 0 saturated heterocycles. The first-order valence-electron chi connectivity index (χ1n) is 14.5. The molecule has 5 N–H and O–H groups in total. The van der Waals surface area contributed by atoms with Gasteiger partial charge in [-0.3, -0.25) is 19.7 Å². The Balaban J connectivity index is 2.30. The third-order valence-electron chi connectivity index (χ3n) is 6.46. The number of amides is 3. The number of nitro groups is 1. The highest BCUT2D eigenvalue weighted by molar-refractivity contribution is 5.94. The first-order chi connectivity index (χ1) is 22.2. The van der Waals surface area contributed by atoms with E-state index in [9.17, 15) is 44.8 Å². The average molecular weight is 672 g/mol. The predicted octanol–water partition coefficient (Wildman–Crippen LogP) is 2.94. The second-order valence-electron chi connectivity index (χ2n) is 12.6. The first kappa shape index (κ1) is 36.8. The number of aliphatic hydroxyl groups excluding tert-OH is 1. The molecule has 0 fully saturated rings. The van der Waals surface area contributed by atoms with Gasteiger partial charge in [0.25, 0.3) is 0 Å². The number of carbonyl (C=O) groups is 4. The molecule has 4 atom stereocenters. The van der Waals surface area contributed by atoms with Crippen LogP contribution in [0.2, 0.25) is 0 Å². The Morgan fingerprint density at radius 3 is 2.23 bits per heavy atom. The summed E-state index contributed by atoms with van der Waals surface area (Å²) in [6, 6.07) is 1.87. The number of nitrogens with one attached hydrogen (secondary N) is 3. The number of rotatable bonds is 5. The van der Waals surface area contributed by atoms with Crippen molar-refractivity contribution >= 4 is 29.6 Å². The van der Waals surface area contributed by atoms with Crippen molar-refractivity contribution in [1.82, 2.24) is 16.0 Å².